The van der Waals surface area contributed by atoms with E-state index >= 15 is 0 Å². The van der Waals surface area contributed by atoms with Crippen molar-refractivity contribution in [2.45, 2.75) is 84.0 Å². The van der Waals surface area contributed by atoms with Gasteiger partial charge in [-0.1, -0.05) is 38.7 Å². The summed E-state index contributed by atoms with van der Waals surface area (Å²) >= 11 is 0. The predicted octanol–water partition coefficient (Wildman–Crippen LogP) is 3.54. The first-order chi connectivity index (χ1) is 24.5. The molecule has 3 fully saturated rings. The largest absolute Gasteiger partial charge is 0.378 e. The highest BCUT2D eigenvalue weighted by atomic mass is 16.1. The lowest BCUT2D eigenvalue weighted by Gasteiger charge is -2.44. The van der Waals surface area contributed by atoms with Gasteiger partial charge < -0.3 is 35.6 Å². The molecule has 6 rings (SSSR count). The smallest absolute Gasteiger partial charge is 0.251 e. The third-order valence-corrected chi connectivity index (χ3v) is 11.1. The first-order valence-electron chi connectivity index (χ1n) is 19.1. The normalized spacial score (nSPS) is 20.1. The van der Waals surface area contributed by atoms with Crippen LogP contribution in [-0.2, 0) is 26.1 Å². The molecule has 50 heavy (non-hydrogen) atoms. The van der Waals surface area contributed by atoms with E-state index in [0.717, 1.165) is 93.8 Å². The number of hydrogen-bond donors (Lipinski definition) is 5. The first-order valence-corrected chi connectivity index (χ1v) is 19.1. The van der Waals surface area contributed by atoms with Crippen molar-refractivity contribution in [3.05, 3.63) is 71.1 Å². The maximum atomic E-state index is 13.1. The van der Waals surface area contributed by atoms with Gasteiger partial charge in [0.05, 0.1) is 12.6 Å². The van der Waals surface area contributed by atoms with Crippen LogP contribution in [0.25, 0.3) is 0 Å². The number of carbonyl (C=O) groups is 1. The fourth-order valence-corrected chi connectivity index (χ4v) is 8.00. The number of hydrogen-bond acceptors (Lipinski definition) is 10. The van der Waals surface area contributed by atoms with Crippen molar-refractivity contribution in [3.8, 4) is 0 Å². The number of amides is 1. The Labute approximate surface area is 298 Å². The Morgan fingerprint density at radius 3 is 2.64 bits per heavy atom. The van der Waals surface area contributed by atoms with Gasteiger partial charge in [-0.05, 0) is 81.2 Å². The zero-order valence-corrected chi connectivity index (χ0v) is 30.4. The van der Waals surface area contributed by atoms with E-state index in [1.54, 1.807) is 6.20 Å². The molecule has 2 saturated heterocycles. The average molecular weight is 686 g/mol. The predicted molar refractivity (Wildman–Crippen MR) is 199 cm³/mol. The summed E-state index contributed by atoms with van der Waals surface area (Å²) in [5.74, 6) is 1.88. The summed E-state index contributed by atoms with van der Waals surface area (Å²) in [5.41, 5.74) is 3.90. The molecule has 5 N–H and O–H groups in total. The highest BCUT2D eigenvalue weighted by Gasteiger charge is 2.44. The molecule has 3 aliphatic rings. The van der Waals surface area contributed by atoms with Gasteiger partial charge in [-0.2, -0.15) is 0 Å². The molecule has 2 aliphatic heterocycles. The molecule has 1 atom stereocenters. The quantitative estimate of drug-likeness (QED) is 0.152. The van der Waals surface area contributed by atoms with Crippen LogP contribution in [0.4, 0.5) is 5.69 Å². The molecule has 0 radical (unpaired) electrons. The van der Waals surface area contributed by atoms with E-state index in [1.165, 1.54) is 51.6 Å². The van der Waals surface area contributed by atoms with Crippen LogP contribution < -0.4 is 26.6 Å². The number of pyridine rings is 1. The molecular formula is C38H59N11O. The van der Waals surface area contributed by atoms with Crippen molar-refractivity contribution < 1.29 is 4.79 Å². The number of likely N-dealkylation sites (N-methyl/N-ethyl adjacent to an activating group) is 1. The number of nitrogens with zero attached hydrogens (tertiary/aromatic N) is 6. The van der Waals surface area contributed by atoms with E-state index in [1.807, 2.05) is 36.5 Å². The summed E-state index contributed by atoms with van der Waals surface area (Å²) < 4.78 is 2.35. The van der Waals surface area contributed by atoms with Crippen LogP contribution in [0.5, 0.6) is 0 Å². The second-order valence-corrected chi connectivity index (χ2v) is 14.5. The molecule has 12 heteroatoms. The zero-order valence-electron chi connectivity index (χ0n) is 30.4. The van der Waals surface area contributed by atoms with Crippen LogP contribution in [0.15, 0.2) is 42.7 Å². The summed E-state index contributed by atoms with van der Waals surface area (Å²) in [6, 6.07) is 9.86. The molecule has 4 heterocycles. The van der Waals surface area contributed by atoms with Gasteiger partial charge >= 0.3 is 0 Å². The number of piperazine rings is 1. The summed E-state index contributed by atoms with van der Waals surface area (Å²) in [6.07, 6.45) is 13.3. The minimum Gasteiger partial charge on any atom is -0.378 e. The highest BCUT2D eigenvalue weighted by molar-refractivity contribution is 5.95. The number of aryl methyl sites for hydroxylation is 1. The summed E-state index contributed by atoms with van der Waals surface area (Å²) in [6.45, 7) is 13.4. The van der Waals surface area contributed by atoms with E-state index in [9.17, 15) is 4.79 Å². The fourth-order valence-electron chi connectivity index (χ4n) is 8.00. The van der Waals surface area contributed by atoms with Crippen molar-refractivity contribution in [2.75, 3.05) is 71.4 Å². The number of anilines is 1. The van der Waals surface area contributed by atoms with E-state index < -0.39 is 0 Å². The van der Waals surface area contributed by atoms with Gasteiger partial charge in [-0.25, -0.2) is 0 Å². The van der Waals surface area contributed by atoms with E-state index in [2.05, 4.69) is 59.9 Å². The molecule has 1 amide bonds. The Morgan fingerprint density at radius 2 is 1.82 bits per heavy atom. The maximum Gasteiger partial charge on any atom is 0.251 e. The number of nitrogens with one attached hydrogen (secondary N) is 5. The second kappa shape index (κ2) is 18.2. The van der Waals surface area contributed by atoms with E-state index in [-0.39, 0.29) is 17.4 Å². The van der Waals surface area contributed by atoms with Gasteiger partial charge in [0.25, 0.3) is 5.91 Å². The van der Waals surface area contributed by atoms with Crippen molar-refractivity contribution in [1.29, 1.82) is 0 Å². The lowest BCUT2D eigenvalue weighted by Crippen LogP contribution is -2.54. The van der Waals surface area contributed by atoms with Gasteiger partial charge in [-0.15, -0.1) is 10.2 Å². The molecular weight excluding hydrogens is 626 g/mol. The van der Waals surface area contributed by atoms with Gasteiger partial charge in [0.2, 0.25) is 0 Å². The number of aromatic nitrogens is 4. The Balaban J connectivity index is 1.11. The van der Waals surface area contributed by atoms with Crippen molar-refractivity contribution in [3.63, 3.8) is 0 Å². The molecule has 1 aliphatic carbocycles. The monoisotopic (exact) mass is 685 g/mol. The summed E-state index contributed by atoms with van der Waals surface area (Å²) in [7, 11) is 2.21. The highest BCUT2D eigenvalue weighted by Crippen LogP contribution is 2.45. The van der Waals surface area contributed by atoms with Gasteiger partial charge in [0, 0.05) is 88.1 Å². The van der Waals surface area contributed by atoms with Crippen LogP contribution >= 0.6 is 0 Å². The van der Waals surface area contributed by atoms with E-state index in [4.69, 9.17) is 10.2 Å². The van der Waals surface area contributed by atoms with Crippen LogP contribution in [0.2, 0.25) is 0 Å². The Bertz CT molecular complexity index is 1490. The van der Waals surface area contributed by atoms with Crippen molar-refractivity contribution >= 4 is 11.6 Å². The minimum atomic E-state index is -0.0950. The molecule has 1 unspecified atom stereocenters. The summed E-state index contributed by atoms with van der Waals surface area (Å²) in [5, 5.41) is 27.5. The number of carbonyl (C=O) groups excluding carboxylic acids is 1. The van der Waals surface area contributed by atoms with E-state index in [0.29, 0.717) is 18.7 Å². The van der Waals surface area contributed by atoms with Crippen molar-refractivity contribution in [2.24, 2.45) is 5.41 Å². The molecule has 12 nitrogen and oxygen atoms in total. The lowest BCUT2D eigenvalue weighted by atomic mass is 9.72. The molecule has 0 bridgehead atoms. The van der Waals surface area contributed by atoms with Crippen LogP contribution in [-0.4, -0.2) is 102 Å². The maximum absolute atomic E-state index is 13.1. The molecule has 1 aromatic carbocycles. The van der Waals surface area contributed by atoms with Crippen molar-refractivity contribution in [1.82, 2.24) is 50.8 Å². The summed E-state index contributed by atoms with van der Waals surface area (Å²) in [4.78, 5) is 22.4. The molecule has 2 aromatic heterocycles. The zero-order chi connectivity index (χ0) is 34.6. The molecule has 1 spiro atoms. The van der Waals surface area contributed by atoms with Gasteiger partial charge in [0.1, 0.15) is 0 Å². The third-order valence-electron chi connectivity index (χ3n) is 11.1. The van der Waals surface area contributed by atoms with Gasteiger partial charge in [0.15, 0.2) is 11.6 Å². The Hall–Kier alpha value is -3.42. The first kappa shape index (κ1) is 36.4. The second-order valence-electron chi connectivity index (χ2n) is 14.5. The third kappa shape index (κ3) is 9.46. The fraction of sp³-hybridized carbons (Fsp3) is 0.632. The Kier molecular flexibility index (Phi) is 13.2. The standard InChI is InChI=1S/C38H59N11O/c1-3-30-25-40-16-12-32(30)26-43-37(50)31-10-8-11-33(24-31)42-27-34-45-46-36(35-38(28-41-29-44-35)13-6-4-5-7-14-38)49(34)19-17-39-15-9-18-48-22-20-47(2)21-23-48/h8,10-12,16,24-25,35,39,41-42,44H,3-7,9,13-15,17-23,26-29H2,1-2H3,(H,43,50). The molecule has 272 valence electrons. The Morgan fingerprint density at radius 1 is 0.980 bits per heavy atom. The molecule has 3 aromatic rings. The number of rotatable bonds is 15. The average Bonchev–Trinajstić information content (AvgIpc) is 3.40. The van der Waals surface area contributed by atoms with Crippen LogP contribution in [0, 0.1) is 5.41 Å². The molecule has 1 saturated carbocycles. The van der Waals surface area contributed by atoms with Crippen LogP contribution in [0.1, 0.15) is 91.0 Å². The minimum absolute atomic E-state index is 0.0950. The topological polar surface area (TPSA) is 127 Å². The van der Waals surface area contributed by atoms with Crippen LogP contribution in [0.3, 0.4) is 0 Å². The SMILES string of the molecule is CCc1cnccc1CNC(=O)c1cccc(NCc2nnc(C3NCNCC34CCCCCC4)n2CCNCCCN2CCN(C)CC2)c1. The lowest BCUT2D eigenvalue weighted by molar-refractivity contribution is 0.0951. The van der Waals surface area contributed by atoms with Gasteiger partial charge in [-0.3, -0.25) is 15.1 Å². The number of benzene rings is 1.